The van der Waals surface area contributed by atoms with Gasteiger partial charge in [-0.25, -0.2) is 18.4 Å². The second kappa shape index (κ2) is 7.16. The average molecular weight is 391 g/mol. The third-order valence-corrected chi connectivity index (χ3v) is 5.47. The van der Waals surface area contributed by atoms with Gasteiger partial charge in [0.1, 0.15) is 10.6 Å². The van der Waals surface area contributed by atoms with Gasteiger partial charge in [-0.2, -0.15) is 0 Å². The zero-order valence-corrected chi connectivity index (χ0v) is 15.9. The van der Waals surface area contributed by atoms with Crippen LogP contribution in [0.4, 0.5) is 5.69 Å². The highest BCUT2D eigenvalue weighted by Crippen LogP contribution is 2.41. The molecule has 9 heteroatoms. The van der Waals surface area contributed by atoms with Crippen LogP contribution in [0.1, 0.15) is 35.8 Å². The second-order valence-electron chi connectivity index (χ2n) is 6.59. The number of sulfonamides is 1. The molecule has 1 aromatic carbocycles. The van der Waals surface area contributed by atoms with E-state index < -0.39 is 16.0 Å². The summed E-state index contributed by atoms with van der Waals surface area (Å²) in [6.07, 6.45) is 3.30. The molecule has 1 fully saturated rings. The van der Waals surface area contributed by atoms with Crippen molar-refractivity contribution in [2.24, 2.45) is 5.14 Å². The number of carbonyl (C=O) groups is 1. The summed E-state index contributed by atoms with van der Waals surface area (Å²) in [5, 5.41) is 14.8. The molecule has 0 amide bonds. The molecule has 0 saturated carbocycles. The zero-order chi connectivity index (χ0) is 19.8. The van der Waals surface area contributed by atoms with Gasteiger partial charge in [0.05, 0.1) is 17.4 Å². The summed E-state index contributed by atoms with van der Waals surface area (Å²) in [7, 11) is -4.22. The third kappa shape index (κ3) is 4.04. The van der Waals surface area contributed by atoms with E-state index in [1.807, 2.05) is 18.7 Å². The molecule has 0 spiro atoms. The van der Waals surface area contributed by atoms with Crippen LogP contribution in [-0.2, 0) is 10.0 Å². The Morgan fingerprint density at radius 3 is 2.63 bits per heavy atom. The van der Waals surface area contributed by atoms with Crippen LogP contribution in [0.2, 0.25) is 0 Å². The molecule has 1 aromatic heterocycles. The number of aromatic carboxylic acids is 1. The van der Waals surface area contributed by atoms with Crippen LogP contribution >= 0.6 is 0 Å². The normalized spacial score (nSPS) is 17.1. The summed E-state index contributed by atoms with van der Waals surface area (Å²) >= 11 is 0. The van der Waals surface area contributed by atoms with Crippen molar-refractivity contribution in [3.8, 4) is 11.5 Å². The fourth-order valence-corrected chi connectivity index (χ4v) is 3.86. The lowest BCUT2D eigenvalue weighted by Crippen LogP contribution is -2.28. The van der Waals surface area contributed by atoms with E-state index in [-0.39, 0.29) is 22.3 Å². The lowest BCUT2D eigenvalue weighted by Gasteiger charge is -2.27. The number of pyridine rings is 1. The topological polar surface area (TPSA) is 123 Å². The SMILES string of the molecule is Cc1ccc(Oc2c(N3CCCC3C)cc(C(=O)O)cc2S(N)(=O)=O)cn1. The maximum atomic E-state index is 12.2. The van der Waals surface area contributed by atoms with E-state index in [9.17, 15) is 18.3 Å². The molecule has 144 valence electrons. The molecule has 2 heterocycles. The number of carboxylic acid groups (broad SMARTS) is 1. The molecule has 0 aliphatic carbocycles. The van der Waals surface area contributed by atoms with Gasteiger partial charge in [-0.3, -0.25) is 4.98 Å². The summed E-state index contributed by atoms with van der Waals surface area (Å²) in [5.74, 6) is -0.889. The molecule has 2 aromatic rings. The Bertz CT molecular complexity index is 973. The summed E-state index contributed by atoms with van der Waals surface area (Å²) in [4.78, 5) is 17.3. The smallest absolute Gasteiger partial charge is 0.335 e. The van der Waals surface area contributed by atoms with Gasteiger partial charge >= 0.3 is 5.97 Å². The van der Waals surface area contributed by atoms with Gasteiger partial charge in [0.2, 0.25) is 10.0 Å². The Kier molecular flexibility index (Phi) is 5.07. The van der Waals surface area contributed by atoms with E-state index in [0.29, 0.717) is 18.0 Å². The number of rotatable bonds is 5. The number of hydrogen-bond donors (Lipinski definition) is 2. The lowest BCUT2D eigenvalue weighted by atomic mass is 10.1. The predicted molar refractivity (Wildman–Crippen MR) is 99.9 cm³/mol. The first-order valence-corrected chi connectivity index (χ1v) is 10.0. The molecule has 1 atom stereocenters. The van der Waals surface area contributed by atoms with Crippen molar-refractivity contribution in [2.75, 3.05) is 11.4 Å². The number of nitrogens with two attached hydrogens (primary N) is 1. The standard InChI is InChI=1S/C18H21N3O5S/c1-11-5-6-14(10-20-11)26-17-15(21-7-3-4-12(21)2)8-13(18(22)23)9-16(17)27(19,24)25/h5-6,8-10,12H,3-4,7H2,1-2H3,(H,22,23)(H2,19,24,25). The van der Waals surface area contributed by atoms with Crippen LogP contribution in [0.25, 0.3) is 0 Å². The van der Waals surface area contributed by atoms with Crippen LogP contribution < -0.4 is 14.8 Å². The number of primary sulfonamides is 1. The van der Waals surface area contributed by atoms with Gasteiger partial charge in [0, 0.05) is 18.3 Å². The lowest BCUT2D eigenvalue weighted by molar-refractivity contribution is 0.0696. The van der Waals surface area contributed by atoms with Gasteiger partial charge in [-0.1, -0.05) is 0 Å². The molecule has 0 radical (unpaired) electrons. The fourth-order valence-electron chi connectivity index (χ4n) is 3.16. The van der Waals surface area contributed by atoms with E-state index in [0.717, 1.165) is 24.6 Å². The van der Waals surface area contributed by atoms with Gasteiger partial charge in [0.15, 0.2) is 5.75 Å². The van der Waals surface area contributed by atoms with E-state index >= 15 is 0 Å². The van der Waals surface area contributed by atoms with Crippen LogP contribution in [0, 0.1) is 6.92 Å². The maximum absolute atomic E-state index is 12.2. The number of nitrogens with zero attached hydrogens (tertiary/aromatic N) is 2. The summed E-state index contributed by atoms with van der Waals surface area (Å²) in [5.41, 5.74) is 1.01. The minimum absolute atomic E-state index is 0.0157. The van der Waals surface area contributed by atoms with Crippen molar-refractivity contribution in [3.05, 3.63) is 41.7 Å². The summed E-state index contributed by atoms with van der Waals surface area (Å²) < 4.78 is 30.2. The Morgan fingerprint density at radius 2 is 2.11 bits per heavy atom. The molecular formula is C18H21N3O5S. The van der Waals surface area contributed by atoms with E-state index in [1.54, 1.807) is 12.1 Å². The molecule has 0 bridgehead atoms. The minimum atomic E-state index is -4.22. The highest BCUT2D eigenvalue weighted by Gasteiger charge is 2.30. The van der Waals surface area contributed by atoms with E-state index in [1.165, 1.54) is 12.3 Å². The molecule has 1 unspecified atom stereocenters. The van der Waals surface area contributed by atoms with Gasteiger partial charge in [-0.15, -0.1) is 0 Å². The van der Waals surface area contributed by atoms with Crippen molar-refractivity contribution < 1.29 is 23.1 Å². The Balaban J connectivity index is 2.23. The fraction of sp³-hybridized carbons (Fsp3) is 0.333. The van der Waals surface area contributed by atoms with Crippen LogP contribution in [-0.4, -0.2) is 37.1 Å². The van der Waals surface area contributed by atoms with Gasteiger partial charge in [0.25, 0.3) is 0 Å². The first kappa shape index (κ1) is 19.1. The van der Waals surface area contributed by atoms with Crippen molar-refractivity contribution in [1.82, 2.24) is 4.98 Å². The number of aromatic nitrogens is 1. The molecule has 27 heavy (non-hydrogen) atoms. The monoisotopic (exact) mass is 391 g/mol. The van der Waals surface area contributed by atoms with Gasteiger partial charge < -0.3 is 14.7 Å². The van der Waals surface area contributed by atoms with Crippen molar-refractivity contribution in [3.63, 3.8) is 0 Å². The summed E-state index contributed by atoms with van der Waals surface area (Å²) in [6, 6.07) is 5.96. The second-order valence-corrected chi connectivity index (χ2v) is 8.12. The van der Waals surface area contributed by atoms with E-state index in [4.69, 9.17) is 9.88 Å². The third-order valence-electron chi connectivity index (χ3n) is 4.56. The summed E-state index contributed by atoms with van der Waals surface area (Å²) in [6.45, 7) is 4.48. The van der Waals surface area contributed by atoms with Crippen molar-refractivity contribution in [2.45, 2.75) is 37.6 Å². The maximum Gasteiger partial charge on any atom is 0.335 e. The molecule has 1 aliphatic heterocycles. The number of hydrogen-bond acceptors (Lipinski definition) is 6. The molecular weight excluding hydrogens is 370 g/mol. The highest BCUT2D eigenvalue weighted by molar-refractivity contribution is 7.89. The molecule has 8 nitrogen and oxygen atoms in total. The largest absolute Gasteiger partial charge is 0.478 e. The van der Waals surface area contributed by atoms with Crippen molar-refractivity contribution in [1.29, 1.82) is 0 Å². The number of benzene rings is 1. The Hall–Kier alpha value is -2.65. The van der Waals surface area contributed by atoms with Crippen LogP contribution in [0.15, 0.2) is 35.4 Å². The predicted octanol–water partition coefficient (Wildman–Crippen LogP) is 2.52. The quantitative estimate of drug-likeness (QED) is 0.803. The molecule has 3 N–H and O–H groups in total. The molecule has 1 aliphatic rings. The minimum Gasteiger partial charge on any atom is -0.478 e. The van der Waals surface area contributed by atoms with Crippen molar-refractivity contribution >= 4 is 21.7 Å². The number of aryl methyl sites for hydroxylation is 1. The Labute approximate surface area is 157 Å². The molecule has 1 saturated heterocycles. The van der Waals surface area contributed by atoms with Gasteiger partial charge in [-0.05, 0) is 51.0 Å². The average Bonchev–Trinajstić information content (AvgIpc) is 3.01. The number of ether oxygens (including phenoxy) is 1. The van der Waals surface area contributed by atoms with Crippen LogP contribution in [0.3, 0.4) is 0 Å². The number of anilines is 1. The number of carboxylic acids is 1. The Morgan fingerprint density at radius 1 is 1.37 bits per heavy atom. The highest BCUT2D eigenvalue weighted by atomic mass is 32.2. The zero-order valence-electron chi connectivity index (χ0n) is 15.0. The first-order chi connectivity index (χ1) is 12.7. The van der Waals surface area contributed by atoms with E-state index in [2.05, 4.69) is 4.98 Å². The van der Waals surface area contributed by atoms with Crippen LogP contribution in [0.5, 0.6) is 11.5 Å². The molecule has 3 rings (SSSR count). The first-order valence-electron chi connectivity index (χ1n) is 8.48.